The van der Waals surface area contributed by atoms with Gasteiger partial charge in [-0.15, -0.1) is 0 Å². The van der Waals surface area contributed by atoms with Crippen LogP contribution in [0.3, 0.4) is 0 Å². The Morgan fingerprint density at radius 3 is 2.00 bits per heavy atom. The third kappa shape index (κ3) is 8.03. The van der Waals surface area contributed by atoms with Gasteiger partial charge < -0.3 is 33.9 Å². The van der Waals surface area contributed by atoms with Crippen LogP contribution in [0.25, 0.3) is 0 Å². The van der Waals surface area contributed by atoms with Crippen molar-refractivity contribution in [3.63, 3.8) is 0 Å². The van der Waals surface area contributed by atoms with E-state index in [0.717, 1.165) is 86.4 Å². The first kappa shape index (κ1) is 32.1. The van der Waals surface area contributed by atoms with Gasteiger partial charge in [-0.05, 0) is 78.0 Å². The van der Waals surface area contributed by atoms with E-state index in [0.29, 0.717) is 24.2 Å². The first-order valence-corrected chi connectivity index (χ1v) is 15.4. The number of benzene rings is 2. The summed E-state index contributed by atoms with van der Waals surface area (Å²) >= 11 is 3.72. The van der Waals surface area contributed by atoms with E-state index in [2.05, 4.69) is 28.1 Å². The molecule has 4 fully saturated rings. The summed E-state index contributed by atoms with van der Waals surface area (Å²) in [6, 6.07) is 11.5. The van der Waals surface area contributed by atoms with Gasteiger partial charge in [0, 0.05) is 42.5 Å². The summed E-state index contributed by atoms with van der Waals surface area (Å²) in [5, 5.41) is 8.78. The van der Waals surface area contributed by atoms with Crippen molar-refractivity contribution >= 4 is 39.5 Å². The number of piperidine rings is 1. The number of rotatable bonds is 8. The molecular weight excluding hydrogens is 649 g/mol. The van der Waals surface area contributed by atoms with E-state index in [1.54, 1.807) is 12.1 Å². The van der Waals surface area contributed by atoms with E-state index >= 15 is 0 Å². The molecule has 13 heteroatoms. The number of carbonyl (C=O) groups is 3. The first-order valence-electron chi connectivity index (χ1n) is 14.6. The molecule has 2 aromatic carbocycles. The number of halogens is 4. The van der Waals surface area contributed by atoms with Gasteiger partial charge in [-0.1, -0.05) is 0 Å². The van der Waals surface area contributed by atoms with Crippen molar-refractivity contribution in [1.29, 1.82) is 0 Å². The number of nitrogens with one attached hydrogen (secondary N) is 1. The van der Waals surface area contributed by atoms with E-state index in [1.807, 2.05) is 17.0 Å². The molecule has 2 saturated heterocycles. The number of nitrogens with zero attached hydrogens (tertiary/aromatic N) is 1. The van der Waals surface area contributed by atoms with Gasteiger partial charge in [0.25, 0.3) is 0 Å². The maximum Gasteiger partial charge on any atom is 0.430 e. The van der Waals surface area contributed by atoms with E-state index in [-0.39, 0.29) is 17.3 Å². The Kier molecular flexibility index (Phi) is 9.45. The fraction of sp³-hybridized carbons (Fsp3) is 0.516. The van der Waals surface area contributed by atoms with Crippen molar-refractivity contribution < 1.29 is 51.8 Å². The molecule has 1 N–H and O–H groups in total. The summed E-state index contributed by atoms with van der Waals surface area (Å²) in [6.07, 6.45) is 2.62. The predicted molar refractivity (Wildman–Crippen MR) is 153 cm³/mol. The van der Waals surface area contributed by atoms with E-state index in [4.69, 9.17) is 24.1 Å². The monoisotopic (exact) mass is 682 g/mol. The van der Waals surface area contributed by atoms with Crippen LogP contribution in [0.2, 0.25) is 0 Å². The number of anilines is 1. The molecule has 0 unspecified atom stereocenters. The molecule has 2 saturated carbocycles. The summed E-state index contributed by atoms with van der Waals surface area (Å²) in [5.74, 6) is -1.40. The second-order valence-electron chi connectivity index (χ2n) is 11.9. The fourth-order valence-corrected chi connectivity index (χ4v) is 6.01. The zero-order valence-corrected chi connectivity index (χ0v) is 25.8. The number of hydrogen-bond donors (Lipinski definition) is 1. The molecule has 1 spiro atoms. The number of carboxylic acid groups (broad SMARTS) is 1. The Bertz CT molecular complexity index is 1350. The van der Waals surface area contributed by atoms with Gasteiger partial charge in [-0.25, -0.2) is 4.79 Å². The minimum Gasteiger partial charge on any atom is -0.542 e. The lowest BCUT2D eigenvalue weighted by molar-refractivity contribution is -0.921. The Morgan fingerprint density at radius 2 is 1.55 bits per heavy atom. The molecule has 2 aliphatic heterocycles. The Labute approximate surface area is 261 Å². The lowest BCUT2D eigenvalue weighted by Crippen LogP contribution is -3.12. The minimum absolute atomic E-state index is 0.0296. The standard InChI is InChI=1S/C29H33BrN2O5.C2HF3O2/c1-35-28(34)20-2-4-21(5-3-20)32-18-29(16-26(32)33)10-12-31(13-11-29)17-19-14-24(36-22-6-7-22)27(30)25(15-19)37-23-8-9-23;3-2(4,5)1(6)7/h2-5,14-15,22-23H,6-13,16-18H2,1H3;(H,6,7). The second-order valence-corrected chi connectivity index (χ2v) is 12.7. The summed E-state index contributed by atoms with van der Waals surface area (Å²) in [6.45, 7) is 3.75. The van der Waals surface area contributed by atoms with Gasteiger partial charge >= 0.3 is 12.1 Å². The molecule has 44 heavy (non-hydrogen) atoms. The van der Waals surface area contributed by atoms with Gasteiger partial charge in [-0.3, -0.25) is 4.79 Å². The van der Waals surface area contributed by atoms with Crippen molar-refractivity contribution in [1.82, 2.24) is 0 Å². The number of amides is 1. The summed E-state index contributed by atoms with van der Waals surface area (Å²) in [7, 11) is 1.37. The van der Waals surface area contributed by atoms with Crippen molar-refractivity contribution in [2.24, 2.45) is 5.41 Å². The molecule has 0 radical (unpaired) electrons. The normalized spacial score (nSPS) is 23.2. The molecule has 6 rings (SSSR count). The zero-order chi connectivity index (χ0) is 31.6. The van der Waals surface area contributed by atoms with E-state index in [1.165, 1.54) is 17.6 Å². The highest BCUT2D eigenvalue weighted by Crippen LogP contribution is 2.42. The summed E-state index contributed by atoms with van der Waals surface area (Å²) in [4.78, 5) is 36.9. The highest BCUT2D eigenvalue weighted by Gasteiger charge is 2.46. The smallest absolute Gasteiger partial charge is 0.430 e. The molecule has 0 aromatic heterocycles. The van der Waals surface area contributed by atoms with Crippen LogP contribution < -0.4 is 24.4 Å². The van der Waals surface area contributed by atoms with E-state index < -0.39 is 12.1 Å². The van der Waals surface area contributed by atoms with Crippen LogP contribution in [0.15, 0.2) is 40.9 Å². The average molecular weight is 684 g/mol. The predicted octanol–water partition coefficient (Wildman–Crippen LogP) is 3.22. The largest absolute Gasteiger partial charge is 0.542 e. The SMILES string of the molecule is COC(=O)c1ccc(N2CC3(CC[NH+](Cc4cc(OC5CC5)c(Br)c(OC5CC5)c4)CC3)CC2=O)cc1.O=C([O-])C(F)(F)F. The molecule has 0 atom stereocenters. The highest BCUT2D eigenvalue weighted by molar-refractivity contribution is 9.10. The molecule has 1 amide bonds. The second kappa shape index (κ2) is 13.0. The third-order valence-electron chi connectivity index (χ3n) is 8.33. The number of methoxy groups -OCH3 is 1. The van der Waals surface area contributed by atoms with Crippen LogP contribution >= 0.6 is 15.9 Å². The average Bonchev–Trinajstić information content (AvgIpc) is 3.93. The van der Waals surface area contributed by atoms with Crippen LogP contribution in [0, 0.1) is 5.41 Å². The maximum atomic E-state index is 13.0. The number of ether oxygens (including phenoxy) is 3. The van der Waals surface area contributed by atoms with Gasteiger partial charge in [-0.2, -0.15) is 13.2 Å². The van der Waals surface area contributed by atoms with Gasteiger partial charge in [0.15, 0.2) is 0 Å². The number of carbonyl (C=O) groups excluding carboxylic acids is 3. The van der Waals surface area contributed by atoms with Crippen molar-refractivity contribution in [2.75, 3.05) is 31.6 Å². The van der Waals surface area contributed by atoms with Gasteiger partial charge in [0.1, 0.15) is 28.5 Å². The Hall–Kier alpha value is -3.32. The lowest BCUT2D eigenvalue weighted by atomic mass is 9.77. The molecule has 4 aliphatic rings. The zero-order valence-electron chi connectivity index (χ0n) is 24.2. The maximum absolute atomic E-state index is 13.0. The molecule has 2 aliphatic carbocycles. The van der Waals surface area contributed by atoms with Crippen molar-refractivity contribution in [2.45, 2.75) is 69.9 Å². The molecule has 2 heterocycles. The van der Waals surface area contributed by atoms with Crippen LogP contribution in [0.4, 0.5) is 18.9 Å². The van der Waals surface area contributed by atoms with Crippen LogP contribution in [0.1, 0.15) is 60.9 Å². The molecule has 0 bridgehead atoms. The molecule has 2 aromatic rings. The molecule has 9 nitrogen and oxygen atoms in total. The van der Waals surface area contributed by atoms with Gasteiger partial charge in [0.2, 0.25) is 5.91 Å². The number of likely N-dealkylation sites (tertiary alicyclic amines) is 1. The quantitative estimate of drug-likeness (QED) is 0.426. The molecular formula is C31H34BrF3N2O7. The van der Waals surface area contributed by atoms with Crippen LogP contribution in [0.5, 0.6) is 11.5 Å². The van der Waals surface area contributed by atoms with Crippen molar-refractivity contribution in [3.05, 3.63) is 52.0 Å². The first-order chi connectivity index (χ1) is 20.9. The summed E-state index contributed by atoms with van der Waals surface area (Å²) < 4.78 is 49.7. The topological polar surface area (TPSA) is 110 Å². The minimum atomic E-state index is -5.19. The number of aliphatic carboxylic acids is 1. The highest BCUT2D eigenvalue weighted by atomic mass is 79.9. The Balaban J connectivity index is 0.000000493. The van der Waals surface area contributed by atoms with Crippen LogP contribution in [-0.4, -0.2) is 63.0 Å². The third-order valence-corrected chi connectivity index (χ3v) is 9.11. The lowest BCUT2D eigenvalue weighted by Gasteiger charge is -2.36. The van der Waals surface area contributed by atoms with E-state index in [9.17, 15) is 22.8 Å². The number of hydrogen-bond acceptors (Lipinski definition) is 7. The number of alkyl halides is 3. The van der Waals surface area contributed by atoms with Gasteiger partial charge in [0.05, 0.1) is 38.0 Å². The number of quaternary nitrogens is 1. The van der Waals surface area contributed by atoms with Crippen LogP contribution in [-0.2, 0) is 20.9 Å². The number of esters is 1. The van der Waals surface area contributed by atoms with Crippen molar-refractivity contribution in [3.8, 4) is 11.5 Å². The number of carboxylic acids is 1. The molecule has 238 valence electrons. The fourth-order valence-electron chi connectivity index (χ4n) is 5.59. The Morgan fingerprint density at radius 1 is 1.02 bits per heavy atom. The summed E-state index contributed by atoms with van der Waals surface area (Å²) in [5.41, 5.74) is 2.62.